The van der Waals surface area contributed by atoms with Gasteiger partial charge in [-0.3, -0.25) is 0 Å². The summed E-state index contributed by atoms with van der Waals surface area (Å²) in [5.74, 6) is 1.07. The molecular weight excluding hydrogens is 619 g/mol. The zero-order valence-electron chi connectivity index (χ0n) is 28.0. The maximum Gasteiger partial charge on any atom is 0.158 e. The standard InChI is InChI=1S/C49H33NO/c1-2-15-32(16-3-1)34-17-7-12-26-45(34)50(46-27-14-22-40-39-21-8-13-28-47(39)51-48(40)46)33-29-30-38-37-20-6-11-25-43(37)49(44(38)31-33)41-23-9-4-18-35(41)36-19-5-10-24-42(36)49/h1-12,14-27,29-31H,13,28H2. The van der Waals surface area contributed by atoms with Gasteiger partial charge in [-0.05, 0) is 80.8 Å². The first-order valence-corrected chi connectivity index (χ1v) is 17.9. The molecule has 240 valence electrons. The third-order valence-electron chi connectivity index (χ3n) is 11.3. The van der Waals surface area contributed by atoms with Gasteiger partial charge in [0.2, 0.25) is 0 Å². The zero-order chi connectivity index (χ0) is 33.5. The summed E-state index contributed by atoms with van der Waals surface area (Å²) < 4.78 is 6.83. The third kappa shape index (κ3) is 3.88. The van der Waals surface area contributed by atoms with Crippen LogP contribution in [0.4, 0.5) is 17.1 Å². The number of allylic oxidation sites excluding steroid dienone is 1. The van der Waals surface area contributed by atoms with Crippen LogP contribution < -0.4 is 4.90 Å². The number of nitrogens with zero attached hydrogens (tertiary/aromatic N) is 1. The molecule has 1 aromatic heterocycles. The van der Waals surface area contributed by atoms with E-state index in [0.717, 1.165) is 46.6 Å². The van der Waals surface area contributed by atoms with Crippen LogP contribution in [0.2, 0.25) is 0 Å². The van der Waals surface area contributed by atoms with E-state index >= 15 is 0 Å². The summed E-state index contributed by atoms with van der Waals surface area (Å²) in [5, 5.41) is 1.16. The number of hydrogen-bond acceptors (Lipinski definition) is 2. The fraction of sp³-hybridized carbons (Fsp3) is 0.0612. The first kappa shape index (κ1) is 28.5. The van der Waals surface area contributed by atoms with Gasteiger partial charge in [0.1, 0.15) is 5.76 Å². The number of fused-ring (bicyclic) bond motifs is 13. The molecular formula is C49H33NO. The molecule has 0 unspecified atom stereocenters. The van der Waals surface area contributed by atoms with E-state index in [1.807, 2.05) is 0 Å². The summed E-state index contributed by atoms with van der Waals surface area (Å²) >= 11 is 0. The normalized spacial score (nSPS) is 14.2. The summed E-state index contributed by atoms with van der Waals surface area (Å²) in [5.41, 5.74) is 17.9. The Bertz CT molecular complexity index is 2650. The second kappa shape index (κ2) is 10.8. The molecule has 1 heterocycles. The molecule has 3 aliphatic rings. The van der Waals surface area contributed by atoms with Gasteiger partial charge in [0.25, 0.3) is 0 Å². The van der Waals surface area contributed by atoms with Crippen molar-refractivity contribution in [2.24, 2.45) is 0 Å². The van der Waals surface area contributed by atoms with Crippen molar-refractivity contribution in [2.45, 2.75) is 18.3 Å². The fourth-order valence-corrected chi connectivity index (χ4v) is 9.29. The maximum atomic E-state index is 6.83. The highest BCUT2D eigenvalue weighted by Gasteiger charge is 2.51. The largest absolute Gasteiger partial charge is 0.458 e. The summed E-state index contributed by atoms with van der Waals surface area (Å²) in [6.45, 7) is 0. The Hall–Kier alpha value is -6.38. The van der Waals surface area contributed by atoms with Crippen LogP contribution >= 0.6 is 0 Å². The lowest BCUT2D eigenvalue weighted by Gasteiger charge is -2.32. The molecule has 2 heteroatoms. The molecule has 0 saturated heterocycles. The Kier molecular flexibility index (Phi) is 6.03. The van der Waals surface area contributed by atoms with Gasteiger partial charge in [-0.25, -0.2) is 0 Å². The SMILES string of the molecule is C1=Cc2c(oc3c(N(c4ccc5c(c4)C4(c6ccccc6-c6ccccc64)c4ccccc4-5)c4ccccc4-c4ccccc4)cccc23)CC1. The van der Waals surface area contributed by atoms with Crippen LogP contribution in [-0.2, 0) is 11.8 Å². The number of benzene rings is 7. The lowest BCUT2D eigenvalue weighted by atomic mass is 9.70. The van der Waals surface area contributed by atoms with Crippen molar-refractivity contribution in [3.8, 4) is 33.4 Å². The van der Waals surface area contributed by atoms with Gasteiger partial charge in [0, 0.05) is 28.6 Å². The van der Waals surface area contributed by atoms with Crippen molar-refractivity contribution in [1.29, 1.82) is 0 Å². The molecule has 0 bridgehead atoms. The topological polar surface area (TPSA) is 16.4 Å². The second-order valence-electron chi connectivity index (χ2n) is 13.9. The zero-order valence-corrected chi connectivity index (χ0v) is 28.0. The van der Waals surface area contributed by atoms with Gasteiger partial charge in [0.05, 0.1) is 16.8 Å². The van der Waals surface area contributed by atoms with Gasteiger partial charge < -0.3 is 9.32 Å². The van der Waals surface area contributed by atoms with Crippen LogP contribution in [0.25, 0.3) is 50.4 Å². The Morgan fingerprint density at radius 1 is 0.490 bits per heavy atom. The minimum Gasteiger partial charge on any atom is -0.458 e. The lowest BCUT2D eigenvalue weighted by molar-refractivity contribution is 0.546. The summed E-state index contributed by atoms with van der Waals surface area (Å²) in [4.78, 5) is 2.44. The quantitative estimate of drug-likeness (QED) is 0.188. The van der Waals surface area contributed by atoms with Crippen LogP contribution in [0.3, 0.4) is 0 Å². The first-order valence-electron chi connectivity index (χ1n) is 17.9. The average molecular weight is 652 g/mol. The monoisotopic (exact) mass is 651 g/mol. The van der Waals surface area contributed by atoms with Gasteiger partial charge in [-0.2, -0.15) is 0 Å². The highest BCUT2D eigenvalue weighted by molar-refractivity contribution is 6.03. The van der Waals surface area contributed by atoms with Crippen LogP contribution in [0, 0.1) is 0 Å². The molecule has 7 aromatic carbocycles. The van der Waals surface area contributed by atoms with Crippen molar-refractivity contribution in [2.75, 3.05) is 4.90 Å². The number of rotatable bonds is 4. The van der Waals surface area contributed by atoms with E-state index in [9.17, 15) is 0 Å². The molecule has 3 aliphatic carbocycles. The summed E-state index contributed by atoms with van der Waals surface area (Å²) in [7, 11) is 0. The van der Waals surface area contributed by atoms with Crippen LogP contribution in [0.15, 0.2) is 174 Å². The molecule has 51 heavy (non-hydrogen) atoms. The van der Waals surface area contributed by atoms with E-state index in [0.29, 0.717) is 0 Å². The van der Waals surface area contributed by atoms with E-state index in [4.69, 9.17) is 4.42 Å². The molecule has 0 radical (unpaired) electrons. The van der Waals surface area contributed by atoms with Crippen LogP contribution in [-0.4, -0.2) is 0 Å². The van der Waals surface area contributed by atoms with E-state index in [2.05, 4.69) is 181 Å². The predicted molar refractivity (Wildman–Crippen MR) is 210 cm³/mol. The minimum atomic E-state index is -0.430. The first-order chi connectivity index (χ1) is 25.3. The molecule has 0 N–H and O–H groups in total. The number of aryl methyl sites for hydroxylation is 1. The number of anilines is 3. The van der Waals surface area contributed by atoms with Crippen molar-refractivity contribution in [3.05, 3.63) is 203 Å². The fourth-order valence-electron chi connectivity index (χ4n) is 9.29. The molecule has 0 fully saturated rings. The summed E-state index contributed by atoms with van der Waals surface area (Å²) in [6.07, 6.45) is 6.42. The third-order valence-corrected chi connectivity index (χ3v) is 11.3. The summed E-state index contributed by atoms with van der Waals surface area (Å²) in [6, 6.07) is 60.3. The molecule has 0 aliphatic heterocycles. The molecule has 11 rings (SSSR count). The molecule has 8 aromatic rings. The second-order valence-corrected chi connectivity index (χ2v) is 13.9. The minimum absolute atomic E-state index is 0.430. The van der Waals surface area contributed by atoms with Crippen LogP contribution in [0.1, 0.15) is 40.0 Å². The lowest BCUT2D eigenvalue weighted by Crippen LogP contribution is -2.26. The van der Waals surface area contributed by atoms with Gasteiger partial charge >= 0.3 is 0 Å². The Morgan fingerprint density at radius 2 is 1.08 bits per heavy atom. The molecule has 0 saturated carbocycles. The van der Waals surface area contributed by atoms with Gasteiger partial charge in [0.15, 0.2) is 5.58 Å². The predicted octanol–water partition coefficient (Wildman–Crippen LogP) is 12.9. The van der Waals surface area contributed by atoms with Crippen LogP contribution in [0.5, 0.6) is 0 Å². The van der Waals surface area contributed by atoms with Crippen molar-refractivity contribution < 1.29 is 4.42 Å². The molecule has 0 atom stereocenters. The van der Waals surface area contributed by atoms with Crippen molar-refractivity contribution in [3.63, 3.8) is 0 Å². The molecule has 2 nitrogen and oxygen atoms in total. The Morgan fingerprint density at radius 3 is 1.78 bits per heavy atom. The maximum absolute atomic E-state index is 6.83. The van der Waals surface area contributed by atoms with E-state index in [-0.39, 0.29) is 0 Å². The molecule has 0 amide bonds. The Labute approximate surface area is 297 Å². The number of furan rings is 1. The van der Waals surface area contributed by atoms with E-state index < -0.39 is 5.41 Å². The van der Waals surface area contributed by atoms with Gasteiger partial charge in [-0.15, -0.1) is 0 Å². The van der Waals surface area contributed by atoms with E-state index in [1.165, 1.54) is 61.2 Å². The van der Waals surface area contributed by atoms with E-state index in [1.54, 1.807) is 0 Å². The highest BCUT2D eigenvalue weighted by atomic mass is 16.3. The van der Waals surface area contributed by atoms with Crippen molar-refractivity contribution in [1.82, 2.24) is 0 Å². The Balaban J connectivity index is 1.23. The van der Waals surface area contributed by atoms with Crippen molar-refractivity contribution >= 4 is 34.1 Å². The average Bonchev–Trinajstić information content (AvgIpc) is 3.83. The van der Waals surface area contributed by atoms with Gasteiger partial charge in [-0.1, -0.05) is 152 Å². The number of hydrogen-bond donors (Lipinski definition) is 0. The smallest absolute Gasteiger partial charge is 0.158 e. The molecule has 1 spiro atoms. The number of para-hydroxylation sites is 2. The highest BCUT2D eigenvalue weighted by Crippen LogP contribution is 2.63.